The van der Waals surface area contributed by atoms with Gasteiger partial charge >= 0.3 is 0 Å². The summed E-state index contributed by atoms with van der Waals surface area (Å²) in [5, 5.41) is 2.94. The third-order valence-electron chi connectivity index (χ3n) is 6.46. The van der Waals surface area contributed by atoms with Crippen molar-refractivity contribution in [3.8, 4) is 23.0 Å². The Morgan fingerprint density at radius 2 is 1.62 bits per heavy atom. The Morgan fingerprint density at radius 1 is 0.946 bits per heavy atom. The summed E-state index contributed by atoms with van der Waals surface area (Å²) in [4.78, 5) is 33.2. The van der Waals surface area contributed by atoms with Crippen molar-refractivity contribution in [2.75, 3.05) is 38.7 Å². The Kier molecular flexibility index (Phi) is 7.81. The summed E-state index contributed by atoms with van der Waals surface area (Å²) in [7, 11) is 6.15. The van der Waals surface area contributed by atoms with E-state index >= 15 is 0 Å². The van der Waals surface area contributed by atoms with Crippen molar-refractivity contribution < 1.29 is 28.5 Å². The maximum atomic E-state index is 13.6. The average molecular weight is 506 g/mol. The Balaban J connectivity index is 1.81. The van der Waals surface area contributed by atoms with Gasteiger partial charge in [0.15, 0.2) is 11.5 Å². The summed E-state index contributed by atoms with van der Waals surface area (Å²) in [5.74, 6) is 1.50. The van der Waals surface area contributed by atoms with E-state index in [0.717, 1.165) is 11.3 Å². The van der Waals surface area contributed by atoms with Gasteiger partial charge in [-0.25, -0.2) is 4.98 Å². The number of pyridine rings is 1. The SMILES string of the molecule is COc1ccc([C@H]2[C@@H](C(=O)Nc3cccc(C)n3)CCC(=O)N2c2cc(OC)c(OC)c(OC)c2)cc1. The first kappa shape index (κ1) is 25.8. The minimum Gasteiger partial charge on any atom is -0.497 e. The minimum atomic E-state index is -0.597. The Hall–Kier alpha value is -4.27. The molecule has 0 spiro atoms. The van der Waals surface area contributed by atoms with E-state index in [4.69, 9.17) is 18.9 Å². The molecule has 37 heavy (non-hydrogen) atoms. The van der Waals surface area contributed by atoms with Gasteiger partial charge in [0.2, 0.25) is 17.6 Å². The summed E-state index contributed by atoms with van der Waals surface area (Å²) in [6, 6.07) is 15.7. The number of carbonyl (C=O) groups excluding carboxylic acids is 2. The van der Waals surface area contributed by atoms with E-state index in [1.54, 1.807) is 30.2 Å². The van der Waals surface area contributed by atoms with Gasteiger partial charge in [0.25, 0.3) is 0 Å². The van der Waals surface area contributed by atoms with Gasteiger partial charge in [-0.15, -0.1) is 0 Å². The van der Waals surface area contributed by atoms with Crippen LogP contribution in [0.5, 0.6) is 23.0 Å². The molecule has 2 amide bonds. The van der Waals surface area contributed by atoms with Crippen LogP contribution in [-0.4, -0.2) is 45.2 Å². The second-order valence-corrected chi connectivity index (χ2v) is 8.66. The number of rotatable bonds is 8. The van der Waals surface area contributed by atoms with E-state index in [0.29, 0.717) is 40.9 Å². The molecule has 1 saturated heterocycles. The van der Waals surface area contributed by atoms with Crippen LogP contribution in [0.15, 0.2) is 54.6 Å². The molecule has 2 heterocycles. The number of carbonyl (C=O) groups is 2. The number of nitrogens with one attached hydrogen (secondary N) is 1. The van der Waals surface area contributed by atoms with Gasteiger partial charge in [-0.2, -0.15) is 0 Å². The molecule has 194 valence electrons. The van der Waals surface area contributed by atoms with Crippen LogP contribution in [0.4, 0.5) is 11.5 Å². The van der Waals surface area contributed by atoms with Gasteiger partial charge in [0.05, 0.1) is 46.1 Å². The van der Waals surface area contributed by atoms with Gasteiger partial charge in [-0.1, -0.05) is 18.2 Å². The van der Waals surface area contributed by atoms with Crippen molar-refractivity contribution in [3.05, 3.63) is 65.9 Å². The van der Waals surface area contributed by atoms with Crippen molar-refractivity contribution in [1.82, 2.24) is 4.98 Å². The molecule has 4 rings (SSSR count). The van der Waals surface area contributed by atoms with Gasteiger partial charge in [0, 0.05) is 24.2 Å². The lowest BCUT2D eigenvalue weighted by molar-refractivity contribution is -0.125. The first-order chi connectivity index (χ1) is 17.9. The Morgan fingerprint density at radius 3 is 2.19 bits per heavy atom. The van der Waals surface area contributed by atoms with Crippen LogP contribution in [0.2, 0.25) is 0 Å². The third-order valence-corrected chi connectivity index (χ3v) is 6.46. The van der Waals surface area contributed by atoms with Crippen molar-refractivity contribution in [2.24, 2.45) is 5.92 Å². The average Bonchev–Trinajstić information content (AvgIpc) is 2.92. The molecule has 1 aliphatic rings. The zero-order valence-electron chi connectivity index (χ0n) is 21.6. The van der Waals surface area contributed by atoms with Crippen LogP contribution < -0.4 is 29.2 Å². The first-order valence-corrected chi connectivity index (χ1v) is 11.9. The van der Waals surface area contributed by atoms with Gasteiger partial charge in [-0.3, -0.25) is 9.59 Å². The van der Waals surface area contributed by atoms with E-state index in [2.05, 4.69) is 10.3 Å². The third kappa shape index (κ3) is 5.30. The number of hydrogen-bond donors (Lipinski definition) is 1. The lowest BCUT2D eigenvalue weighted by Crippen LogP contribution is -2.47. The highest BCUT2D eigenvalue weighted by Gasteiger charge is 2.42. The number of amides is 2. The molecule has 2 atom stereocenters. The van der Waals surface area contributed by atoms with Crippen molar-refractivity contribution in [3.63, 3.8) is 0 Å². The molecule has 1 aliphatic heterocycles. The standard InChI is InChI=1S/C28H31N3O6/c1-17-7-6-8-24(29-17)30-28(33)21-13-14-25(32)31(26(21)18-9-11-20(34-2)12-10-18)19-15-22(35-3)27(37-5)23(16-19)36-4/h6-12,15-16,21,26H,13-14H2,1-5H3,(H,29,30,33)/t21-,26-/m0/s1. The summed E-state index contributed by atoms with van der Waals surface area (Å²) in [6.07, 6.45) is 0.580. The quantitative estimate of drug-likeness (QED) is 0.480. The number of piperidine rings is 1. The molecule has 1 aromatic heterocycles. The molecular weight excluding hydrogens is 474 g/mol. The second-order valence-electron chi connectivity index (χ2n) is 8.66. The maximum absolute atomic E-state index is 13.6. The van der Waals surface area contributed by atoms with E-state index in [1.165, 1.54) is 21.3 Å². The normalized spacial score (nSPS) is 17.2. The smallest absolute Gasteiger partial charge is 0.231 e. The summed E-state index contributed by atoms with van der Waals surface area (Å²) in [6.45, 7) is 1.86. The zero-order valence-corrected chi connectivity index (χ0v) is 21.6. The van der Waals surface area contributed by atoms with E-state index in [-0.39, 0.29) is 18.2 Å². The summed E-state index contributed by atoms with van der Waals surface area (Å²) >= 11 is 0. The molecule has 1 N–H and O–H groups in total. The van der Waals surface area contributed by atoms with Crippen LogP contribution in [0.25, 0.3) is 0 Å². The van der Waals surface area contributed by atoms with Crippen molar-refractivity contribution in [2.45, 2.75) is 25.8 Å². The van der Waals surface area contributed by atoms with Crippen LogP contribution in [0.1, 0.15) is 30.1 Å². The minimum absolute atomic E-state index is 0.118. The predicted octanol–water partition coefficient (Wildman–Crippen LogP) is 4.55. The number of ether oxygens (including phenoxy) is 4. The number of aromatic nitrogens is 1. The fourth-order valence-corrected chi connectivity index (χ4v) is 4.69. The number of benzene rings is 2. The number of aryl methyl sites for hydroxylation is 1. The monoisotopic (exact) mass is 505 g/mol. The van der Waals surface area contributed by atoms with Gasteiger partial charge in [0.1, 0.15) is 11.6 Å². The number of nitrogens with zero attached hydrogens (tertiary/aromatic N) is 2. The molecule has 3 aromatic rings. The molecule has 2 aromatic carbocycles. The largest absolute Gasteiger partial charge is 0.497 e. The highest BCUT2D eigenvalue weighted by molar-refractivity contribution is 6.00. The lowest BCUT2D eigenvalue weighted by Gasteiger charge is -2.41. The van der Waals surface area contributed by atoms with Gasteiger partial charge < -0.3 is 29.2 Å². The predicted molar refractivity (Wildman–Crippen MR) is 140 cm³/mol. The molecule has 0 bridgehead atoms. The molecule has 0 saturated carbocycles. The van der Waals surface area contributed by atoms with Gasteiger partial charge in [-0.05, 0) is 43.2 Å². The molecule has 9 nitrogen and oxygen atoms in total. The molecule has 0 unspecified atom stereocenters. The summed E-state index contributed by atoms with van der Waals surface area (Å²) < 4.78 is 21.9. The number of methoxy groups -OCH3 is 4. The Bertz CT molecular complexity index is 1250. The van der Waals surface area contributed by atoms with Crippen molar-refractivity contribution >= 4 is 23.3 Å². The van der Waals surface area contributed by atoms with E-state index < -0.39 is 12.0 Å². The van der Waals surface area contributed by atoms with Crippen LogP contribution in [0.3, 0.4) is 0 Å². The van der Waals surface area contributed by atoms with E-state index in [9.17, 15) is 9.59 Å². The summed E-state index contributed by atoms with van der Waals surface area (Å²) in [5.41, 5.74) is 2.12. The highest BCUT2D eigenvalue weighted by atomic mass is 16.5. The number of hydrogen-bond acceptors (Lipinski definition) is 7. The molecule has 1 fully saturated rings. The highest BCUT2D eigenvalue weighted by Crippen LogP contribution is 2.46. The number of anilines is 2. The van der Waals surface area contributed by atoms with Crippen LogP contribution in [-0.2, 0) is 9.59 Å². The lowest BCUT2D eigenvalue weighted by atomic mass is 9.83. The Labute approximate surface area is 216 Å². The topological polar surface area (TPSA) is 99.2 Å². The van der Waals surface area contributed by atoms with Crippen LogP contribution >= 0.6 is 0 Å². The zero-order chi connectivity index (χ0) is 26.5. The van der Waals surface area contributed by atoms with E-state index in [1.807, 2.05) is 43.3 Å². The molecule has 0 aliphatic carbocycles. The fraction of sp³-hybridized carbons (Fsp3) is 0.321. The van der Waals surface area contributed by atoms with Crippen LogP contribution in [0, 0.1) is 12.8 Å². The maximum Gasteiger partial charge on any atom is 0.231 e. The molecule has 9 heteroatoms. The molecular formula is C28H31N3O6. The first-order valence-electron chi connectivity index (χ1n) is 11.9. The fourth-order valence-electron chi connectivity index (χ4n) is 4.69. The van der Waals surface area contributed by atoms with Crippen molar-refractivity contribution in [1.29, 1.82) is 0 Å². The molecule has 0 radical (unpaired) electrons. The second kappa shape index (κ2) is 11.2.